The highest BCUT2D eigenvalue weighted by Gasteiger charge is 2.38. The average Bonchev–Trinajstić information content (AvgIpc) is 2.35. The number of carbonyl (C=O) groups excluding carboxylic acids is 1. The van der Waals surface area contributed by atoms with E-state index in [1.165, 1.54) is 24.3 Å². The van der Waals surface area contributed by atoms with Gasteiger partial charge in [-0.3, -0.25) is 4.79 Å². The molecular weight excluding hydrogens is 273 g/mol. The fourth-order valence-corrected chi connectivity index (χ4v) is 1.41. The van der Waals surface area contributed by atoms with Crippen LogP contribution in [0.5, 0.6) is 5.75 Å². The summed E-state index contributed by atoms with van der Waals surface area (Å²) in [4.78, 5) is 12.7. The minimum Gasteiger partial charge on any atom is -0.494 e. The highest BCUT2D eigenvalue weighted by Crippen LogP contribution is 2.20. The number of anilines is 1. The molecule has 0 saturated heterocycles. The molecule has 0 unspecified atom stereocenters. The van der Waals surface area contributed by atoms with Gasteiger partial charge in [0.25, 0.3) is 0 Å². The van der Waals surface area contributed by atoms with Crippen LogP contribution in [0.1, 0.15) is 6.42 Å². The van der Waals surface area contributed by atoms with Crippen molar-refractivity contribution in [2.24, 2.45) is 0 Å². The Morgan fingerprint density at radius 1 is 1.25 bits per heavy atom. The van der Waals surface area contributed by atoms with Crippen molar-refractivity contribution in [1.82, 2.24) is 4.90 Å². The van der Waals surface area contributed by atoms with Gasteiger partial charge < -0.3 is 15.0 Å². The molecular formula is C13H17F3N2O2. The van der Waals surface area contributed by atoms with Gasteiger partial charge in [-0.25, -0.2) is 0 Å². The van der Waals surface area contributed by atoms with E-state index >= 15 is 0 Å². The van der Waals surface area contributed by atoms with E-state index in [0.29, 0.717) is 12.4 Å². The van der Waals surface area contributed by atoms with Crippen molar-refractivity contribution in [1.29, 1.82) is 0 Å². The number of amides is 1. The number of hydrogen-bond acceptors (Lipinski definition) is 3. The first-order chi connectivity index (χ1) is 9.29. The molecule has 112 valence electrons. The molecule has 1 rings (SSSR count). The first-order valence-electron chi connectivity index (χ1n) is 6.05. The Labute approximate surface area is 115 Å². The summed E-state index contributed by atoms with van der Waals surface area (Å²) >= 11 is 0. The Morgan fingerprint density at radius 3 is 2.35 bits per heavy atom. The summed E-state index contributed by atoms with van der Waals surface area (Å²) in [5, 5.41) is 1.77. The quantitative estimate of drug-likeness (QED) is 0.819. The van der Waals surface area contributed by atoms with Crippen LogP contribution >= 0.6 is 0 Å². The van der Waals surface area contributed by atoms with E-state index in [9.17, 15) is 18.0 Å². The maximum absolute atomic E-state index is 12.0. The van der Waals surface area contributed by atoms with Crippen LogP contribution < -0.4 is 10.1 Å². The SMILES string of the molecule is CN(C)CCCOc1ccc(NC(=O)C(F)(F)F)cc1. The van der Waals surface area contributed by atoms with E-state index in [2.05, 4.69) is 0 Å². The number of nitrogens with zero attached hydrogens (tertiary/aromatic N) is 1. The summed E-state index contributed by atoms with van der Waals surface area (Å²) in [6.45, 7) is 1.41. The van der Waals surface area contributed by atoms with Gasteiger partial charge in [-0.15, -0.1) is 0 Å². The predicted molar refractivity (Wildman–Crippen MR) is 69.8 cm³/mol. The van der Waals surface area contributed by atoms with Crippen LogP contribution in [0.2, 0.25) is 0 Å². The molecule has 20 heavy (non-hydrogen) atoms. The molecule has 1 aromatic rings. The number of carbonyl (C=O) groups is 1. The van der Waals surface area contributed by atoms with Gasteiger partial charge in [-0.05, 0) is 44.8 Å². The zero-order chi connectivity index (χ0) is 15.2. The van der Waals surface area contributed by atoms with Crippen LogP contribution in [0, 0.1) is 0 Å². The van der Waals surface area contributed by atoms with E-state index in [-0.39, 0.29) is 5.69 Å². The molecule has 0 saturated carbocycles. The number of hydrogen-bond donors (Lipinski definition) is 1. The lowest BCUT2D eigenvalue weighted by Gasteiger charge is -2.11. The highest BCUT2D eigenvalue weighted by atomic mass is 19.4. The van der Waals surface area contributed by atoms with Crippen LogP contribution in [0.3, 0.4) is 0 Å². The molecule has 0 radical (unpaired) electrons. The molecule has 0 aliphatic carbocycles. The Balaban J connectivity index is 2.42. The molecule has 4 nitrogen and oxygen atoms in total. The van der Waals surface area contributed by atoms with Crippen LogP contribution in [0.15, 0.2) is 24.3 Å². The summed E-state index contributed by atoms with van der Waals surface area (Å²) < 4.78 is 41.6. The van der Waals surface area contributed by atoms with Crippen molar-refractivity contribution in [3.05, 3.63) is 24.3 Å². The van der Waals surface area contributed by atoms with Gasteiger partial charge in [-0.1, -0.05) is 0 Å². The fraction of sp³-hybridized carbons (Fsp3) is 0.462. The second-order valence-corrected chi connectivity index (χ2v) is 4.48. The van der Waals surface area contributed by atoms with E-state index < -0.39 is 12.1 Å². The van der Waals surface area contributed by atoms with Crippen molar-refractivity contribution in [2.75, 3.05) is 32.6 Å². The standard InChI is InChI=1S/C13H17F3N2O2/c1-18(2)8-3-9-20-11-6-4-10(5-7-11)17-12(19)13(14,15)16/h4-7H,3,8-9H2,1-2H3,(H,17,19). The molecule has 0 heterocycles. The van der Waals surface area contributed by atoms with Gasteiger partial charge in [0.15, 0.2) is 0 Å². The van der Waals surface area contributed by atoms with Gasteiger partial charge in [0.1, 0.15) is 5.75 Å². The summed E-state index contributed by atoms with van der Waals surface area (Å²) in [6, 6.07) is 5.76. The average molecular weight is 290 g/mol. The summed E-state index contributed by atoms with van der Waals surface area (Å²) in [5.74, 6) is -1.44. The predicted octanol–water partition coefficient (Wildman–Crippen LogP) is 2.52. The third-order valence-electron chi connectivity index (χ3n) is 2.39. The van der Waals surface area contributed by atoms with Crippen LogP contribution in [-0.2, 0) is 4.79 Å². The van der Waals surface area contributed by atoms with Crippen LogP contribution in [0.4, 0.5) is 18.9 Å². The van der Waals surface area contributed by atoms with E-state index in [1.807, 2.05) is 19.0 Å². The zero-order valence-corrected chi connectivity index (χ0v) is 11.3. The van der Waals surface area contributed by atoms with Crippen molar-refractivity contribution in [3.8, 4) is 5.75 Å². The van der Waals surface area contributed by atoms with Gasteiger partial charge in [-0.2, -0.15) is 13.2 Å². The lowest BCUT2D eigenvalue weighted by atomic mass is 10.3. The third-order valence-corrected chi connectivity index (χ3v) is 2.39. The molecule has 1 aromatic carbocycles. The number of nitrogens with one attached hydrogen (secondary N) is 1. The van der Waals surface area contributed by atoms with Crippen LogP contribution in [-0.4, -0.2) is 44.2 Å². The van der Waals surface area contributed by atoms with Crippen LogP contribution in [0.25, 0.3) is 0 Å². The fourth-order valence-electron chi connectivity index (χ4n) is 1.41. The third kappa shape index (κ3) is 5.92. The summed E-state index contributed by atoms with van der Waals surface area (Å²) in [7, 11) is 3.91. The monoisotopic (exact) mass is 290 g/mol. The molecule has 0 aliphatic heterocycles. The topological polar surface area (TPSA) is 41.6 Å². The van der Waals surface area contributed by atoms with E-state index in [1.54, 1.807) is 5.32 Å². The molecule has 0 spiro atoms. The number of benzene rings is 1. The van der Waals surface area contributed by atoms with E-state index in [0.717, 1.165) is 13.0 Å². The van der Waals surface area contributed by atoms with E-state index in [4.69, 9.17) is 4.74 Å². The molecule has 0 aromatic heterocycles. The largest absolute Gasteiger partial charge is 0.494 e. The van der Waals surface area contributed by atoms with Gasteiger partial charge >= 0.3 is 12.1 Å². The number of rotatable bonds is 6. The second kappa shape index (κ2) is 7.14. The molecule has 1 amide bonds. The summed E-state index contributed by atoms with van der Waals surface area (Å²) in [6.07, 6.45) is -4.04. The minimum absolute atomic E-state index is 0.0768. The molecule has 0 fully saturated rings. The number of halogens is 3. The molecule has 0 aliphatic rings. The van der Waals surface area contributed by atoms with Crippen molar-refractivity contribution >= 4 is 11.6 Å². The number of alkyl halides is 3. The van der Waals surface area contributed by atoms with Gasteiger partial charge in [0.2, 0.25) is 0 Å². The molecule has 0 atom stereocenters. The lowest BCUT2D eigenvalue weighted by Crippen LogP contribution is -2.29. The molecule has 7 heteroatoms. The molecule has 1 N–H and O–H groups in total. The first-order valence-corrected chi connectivity index (χ1v) is 6.05. The summed E-state index contributed by atoms with van der Waals surface area (Å²) in [5.41, 5.74) is 0.0768. The molecule has 0 bridgehead atoms. The normalized spacial score (nSPS) is 11.5. The maximum Gasteiger partial charge on any atom is 0.471 e. The highest BCUT2D eigenvalue weighted by molar-refractivity contribution is 5.94. The Bertz CT molecular complexity index is 430. The minimum atomic E-state index is -4.89. The van der Waals surface area contributed by atoms with Gasteiger partial charge in [0, 0.05) is 12.2 Å². The Hall–Kier alpha value is -1.76. The smallest absolute Gasteiger partial charge is 0.471 e. The lowest BCUT2D eigenvalue weighted by molar-refractivity contribution is -0.167. The second-order valence-electron chi connectivity index (χ2n) is 4.48. The van der Waals surface area contributed by atoms with Crippen molar-refractivity contribution < 1.29 is 22.7 Å². The first kappa shape index (κ1) is 16.3. The van der Waals surface area contributed by atoms with Crippen molar-refractivity contribution in [3.63, 3.8) is 0 Å². The van der Waals surface area contributed by atoms with Gasteiger partial charge in [0.05, 0.1) is 6.61 Å². The Kier molecular flexibility index (Phi) is 5.82. The van der Waals surface area contributed by atoms with Crippen molar-refractivity contribution in [2.45, 2.75) is 12.6 Å². The zero-order valence-electron chi connectivity index (χ0n) is 11.3. The Morgan fingerprint density at radius 2 is 1.85 bits per heavy atom. The number of ether oxygens (including phenoxy) is 1. The maximum atomic E-state index is 12.0.